The topological polar surface area (TPSA) is 57.8 Å². The number of nitrogens with one attached hydrogen (secondary N) is 2. The number of aryl methyl sites for hydroxylation is 1. The van der Waals surface area contributed by atoms with Gasteiger partial charge in [-0.05, 0) is 48.9 Å². The summed E-state index contributed by atoms with van der Waals surface area (Å²) in [4.78, 5) is 20.4. The molecule has 0 unspecified atom stereocenters. The summed E-state index contributed by atoms with van der Waals surface area (Å²) in [7, 11) is 0. The van der Waals surface area contributed by atoms with Crippen LogP contribution in [-0.4, -0.2) is 15.9 Å². The normalized spacial score (nSPS) is 10.9. The van der Waals surface area contributed by atoms with E-state index >= 15 is 0 Å². The number of hydrogen-bond donors (Lipinski definition) is 2. The molecule has 0 fully saturated rings. The number of aromatic amines is 1. The van der Waals surface area contributed by atoms with Crippen molar-refractivity contribution in [3.8, 4) is 11.4 Å². The van der Waals surface area contributed by atoms with Crippen molar-refractivity contribution in [2.45, 2.75) is 6.92 Å². The average Bonchev–Trinajstić information content (AvgIpc) is 3.06. The van der Waals surface area contributed by atoms with E-state index in [0.717, 1.165) is 22.3 Å². The van der Waals surface area contributed by atoms with Crippen LogP contribution < -0.4 is 5.32 Å². The second kappa shape index (κ2) is 7.06. The Morgan fingerprint density at radius 1 is 1.00 bits per heavy atom. The first-order valence-electron chi connectivity index (χ1n) is 8.34. The molecule has 0 aliphatic rings. The number of halogens is 2. The molecule has 0 saturated carbocycles. The van der Waals surface area contributed by atoms with Crippen molar-refractivity contribution in [3.63, 3.8) is 0 Å². The van der Waals surface area contributed by atoms with Gasteiger partial charge in [0.1, 0.15) is 5.82 Å². The van der Waals surface area contributed by atoms with Crippen molar-refractivity contribution in [1.29, 1.82) is 0 Å². The Bertz CT molecular complexity index is 1150. The summed E-state index contributed by atoms with van der Waals surface area (Å²) in [6.45, 7) is 1.95. The van der Waals surface area contributed by atoms with Gasteiger partial charge in [0.15, 0.2) is 0 Å². The summed E-state index contributed by atoms with van der Waals surface area (Å²) in [6.07, 6.45) is 0. The van der Waals surface area contributed by atoms with Crippen LogP contribution in [-0.2, 0) is 0 Å². The lowest BCUT2D eigenvalue weighted by atomic mass is 10.1. The molecule has 0 spiro atoms. The molecule has 4 rings (SSSR count). The van der Waals surface area contributed by atoms with E-state index < -0.39 is 0 Å². The first-order valence-corrected chi connectivity index (χ1v) is 9.09. The first kappa shape index (κ1) is 17.6. The van der Waals surface area contributed by atoms with Crippen LogP contribution in [0.2, 0.25) is 10.0 Å². The number of rotatable bonds is 3. The minimum atomic E-state index is -0.182. The smallest absolute Gasteiger partial charge is 0.255 e. The molecule has 1 heterocycles. The van der Waals surface area contributed by atoms with Gasteiger partial charge >= 0.3 is 0 Å². The van der Waals surface area contributed by atoms with Crippen molar-refractivity contribution in [3.05, 3.63) is 81.8 Å². The third kappa shape index (κ3) is 3.42. The Labute approximate surface area is 166 Å². The van der Waals surface area contributed by atoms with E-state index in [-0.39, 0.29) is 5.91 Å². The molecule has 2 N–H and O–H groups in total. The highest BCUT2D eigenvalue weighted by Gasteiger charge is 2.14. The molecule has 4 nitrogen and oxygen atoms in total. The highest BCUT2D eigenvalue weighted by Crippen LogP contribution is 2.34. The van der Waals surface area contributed by atoms with Crippen LogP contribution >= 0.6 is 23.2 Å². The number of amides is 1. The van der Waals surface area contributed by atoms with Gasteiger partial charge in [-0.1, -0.05) is 47.5 Å². The third-order valence-corrected chi connectivity index (χ3v) is 4.97. The van der Waals surface area contributed by atoms with Gasteiger partial charge in [-0.25, -0.2) is 4.98 Å². The number of nitrogens with zero attached hydrogens (tertiary/aromatic N) is 1. The van der Waals surface area contributed by atoms with Crippen LogP contribution in [0.25, 0.3) is 22.4 Å². The van der Waals surface area contributed by atoms with Crippen molar-refractivity contribution in [2.75, 3.05) is 5.32 Å². The highest BCUT2D eigenvalue weighted by molar-refractivity contribution is 6.39. The number of carbonyl (C=O) groups excluding carboxylic acids is 1. The van der Waals surface area contributed by atoms with E-state index in [4.69, 9.17) is 23.2 Å². The largest absolute Gasteiger partial charge is 0.338 e. The Hall–Kier alpha value is -2.82. The highest BCUT2D eigenvalue weighted by atomic mass is 35.5. The quantitative estimate of drug-likeness (QED) is 0.440. The zero-order valence-corrected chi connectivity index (χ0v) is 15.9. The molecular weight excluding hydrogens is 381 g/mol. The Morgan fingerprint density at radius 2 is 1.74 bits per heavy atom. The van der Waals surface area contributed by atoms with E-state index in [1.54, 1.807) is 36.4 Å². The van der Waals surface area contributed by atoms with Gasteiger partial charge in [0.05, 0.1) is 26.6 Å². The molecule has 3 aromatic carbocycles. The van der Waals surface area contributed by atoms with Crippen LogP contribution in [0.1, 0.15) is 15.9 Å². The van der Waals surface area contributed by atoms with Gasteiger partial charge < -0.3 is 10.3 Å². The maximum Gasteiger partial charge on any atom is 0.255 e. The van der Waals surface area contributed by atoms with E-state index in [2.05, 4.69) is 15.3 Å². The Kier molecular flexibility index (Phi) is 4.60. The number of H-pyrrole nitrogens is 1. The summed E-state index contributed by atoms with van der Waals surface area (Å²) >= 11 is 12.5. The molecule has 0 saturated heterocycles. The lowest BCUT2D eigenvalue weighted by Crippen LogP contribution is -2.12. The molecule has 134 valence electrons. The van der Waals surface area contributed by atoms with Crippen molar-refractivity contribution >= 4 is 45.8 Å². The number of hydrogen-bond acceptors (Lipinski definition) is 2. The molecule has 1 aromatic heterocycles. The number of fused-ring (bicyclic) bond motifs is 1. The second-order valence-corrected chi connectivity index (χ2v) is 7.00. The van der Waals surface area contributed by atoms with Crippen LogP contribution in [0.4, 0.5) is 5.69 Å². The van der Waals surface area contributed by atoms with Gasteiger partial charge in [-0.15, -0.1) is 0 Å². The van der Waals surface area contributed by atoms with Gasteiger partial charge in [0.25, 0.3) is 5.91 Å². The molecule has 0 radical (unpaired) electrons. The molecule has 0 bridgehead atoms. The van der Waals surface area contributed by atoms with Gasteiger partial charge in [0, 0.05) is 11.3 Å². The molecular formula is C21H15Cl2N3O. The third-order valence-electron chi connectivity index (χ3n) is 4.34. The van der Waals surface area contributed by atoms with Crippen molar-refractivity contribution in [1.82, 2.24) is 9.97 Å². The number of para-hydroxylation sites is 1. The van der Waals surface area contributed by atoms with Crippen LogP contribution in [0.3, 0.4) is 0 Å². The lowest BCUT2D eigenvalue weighted by Gasteiger charge is -2.07. The molecule has 0 aliphatic carbocycles. The van der Waals surface area contributed by atoms with Crippen molar-refractivity contribution < 1.29 is 4.79 Å². The van der Waals surface area contributed by atoms with Crippen molar-refractivity contribution in [2.24, 2.45) is 0 Å². The van der Waals surface area contributed by atoms with Gasteiger partial charge in [0.2, 0.25) is 0 Å². The number of imidazole rings is 1. The Morgan fingerprint density at radius 3 is 2.48 bits per heavy atom. The fourth-order valence-electron chi connectivity index (χ4n) is 2.90. The summed E-state index contributed by atoms with van der Waals surface area (Å²) in [5.41, 5.74) is 4.43. The first-order chi connectivity index (χ1) is 13.0. The van der Waals surface area contributed by atoms with E-state index in [1.165, 1.54) is 0 Å². The molecule has 4 aromatic rings. The number of carbonyl (C=O) groups is 1. The van der Waals surface area contributed by atoms with E-state index in [9.17, 15) is 4.79 Å². The Balaban J connectivity index is 1.69. The average molecular weight is 396 g/mol. The number of benzene rings is 3. The lowest BCUT2D eigenvalue weighted by molar-refractivity contribution is 0.102. The molecule has 27 heavy (non-hydrogen) atoms. The maximum absolute atomic E-state index is 12.6. The standard InChI is InChI=1S/C21H15Cl2N3O/c1-12-5-2-3-8-16(12)26-21(27)13-9-10-17-18(11-13)25-20(24-17)19-14(22)6-4-7-15(19)23/h2-11H,1H3,(H,24,25)(H,26,27). The van der Waals surface area contributed by atoms with E-state index in [1.807, 2.05) is 31.2 Å². The number of aromatic nitrogens is 2. The fraction of sp³-hybridized carbons (Fsp3) is 0.0476. The minimum Gasteiger partial charge on any atom is -0.338 e. The second-order valence-electron chi connectivity index (χ2n) is 6.18. The summed E-state index contributed by atoms with van der Waals surface area (Å²) < 4.78 is 0. The zero-order valence-electron chi connectivity index (χ0n) is 14.4. The van der Waals surface area contributed by atoms with Gasteiger partial charge in [-0.2, -0.15) is 0 Å². The predicted octanol–water partition coefficient (Wildman–Crippen LogP) is 6.10. The molecule has 1 amide bonds. The van der Waals surface area contributed by atoms with E-state index in [0.29, 0.717) is 27.0 Å². The maximum atomic E-state index is 12.6. The fourth-order valence-corrected chi connectivity index (χ4v) is 3.48. The van der Waals surface area contributed by atoms with Gasteiger partial charge in [-0.3, -0.25) is 4.79 Å². The summed E-state index contributed by atoms with van der Waals surface area (Å²) in [5, 5.41) is 3.96. The molecule has 0 aliphatic heterocycles. The van der Waals surface area contributed by atoms with Crippen LogP contribution in [0.15, 0.2) is 60.7 Å². The SMILES string of the molecule is Cc1ccccc1NC(=O)c1ccc2nc(-c3c(Cl)cccc3Cl)[nH]c2c1. The predicted molar refractivity (Wildman–Crippen MR) is 111 cm³/mol. The molecule has 6 heteroatoms. The summed E-state index contributed by atoms with van der Waals surface area (Å²) in [6, 6.07) is 18.3. The zero-order chi connectivity index (χ0) is 19.0. The minimum absolute atomic E-state index is 0.182. The number of anilines is 1. The summed E-state index contributed by atoms with van der Waals surface area (Å²) in [5.74, 6) is 0.384. The van der Waals surface area contributed by atoms with Crippen LogP contribution in [0, 0.1) is 6.92 Å². The monoisotopic (exact) mass is 395 g/mol. The molecule has 0 atom stereocenters. The van der Waals surface area contributed by atoms with Crippen LogP contribution in [0.5, 0.6) is 0 Å².